The molecule has 0 aliphatic carbocycles. The minimum atomic E-state index is -0.212. The number of benzene rings is 1. The first-order chi connectivity index (χ1) is 9.17. The molecule has 19 heavy (non-hydrogen) atoms. The predicted octanol–water partition coefficient (Wildman–Crippen LogP) is 0.996. The highest BCUT2D eigenvalue weighted by atomic mass is 16.5. The normalized spacial score (nSPS) is 24.0. The van der Waals surface area contributed by atoms with Gasteiger partial charge in [-0.3, -0.25) is 0 Å². The standard InChI is InChI=1S/C13H17N3O3/c1-8-5-16(6-9(7-17)18-8)13-15-12-10(14)3-2-4-11(12)19-13/h2-4,8-9,17H,5-7,14H2,1H3. The van der Waals surface area contributed by atoms with Crippen LogP contribution >= 0.6 is 0 Å². The van der Waals surface area contributed by atoms with Gasteiger partial charge in [0.2, 0.25) is 0 Å². The first kappa shape index (κ1) is 12.3. The molecule has 1 aromatic heterocycles. The van der Waals surface area contributed by atoms with Crippen LogP contribution in [0, 0.1) is 0 Å². The maximum absolute atomic E-state index is 9.23. The van der Waals surface area contributed by atoms with Gasteiger partial charge in [0.05, 0.1) is 31.0 Å². The van der Waals surface area contributed by atoms with Gasteiger partial charge in [-0.15, -0.1) is 0 Å². The third kappa shape index (κ3) is 2.24. The van der Waals surface area contributed by atoms with Crippen LogP contribution < -0.4 is 10.6 Å². The largest absolute Gasteiger partial charge is 0.423 e. The number of rotatable bonds is 2. The number of hydrogen-bond acceptors (Lipinski definition) is 6. The summed E-state index contributed by atoms with van der Waals surface area (Å²) in [5.74, 6) is 0. The molecule has 0 bridgehead atoms. The molecule has 1 saturated heterocycles. The first-order valence-electron chi connectivity index (χ1n) is 6.33. The average molecular weight is 263 g/mol. The van der Waals surface area contributed by atoms with Gasteiger partial charge in [0.25, 0.3) is 6.01 Å². The van der Waals surface area contributed by atoms with Gasteiger partial charge in [-0.25, -0.2) is 0 Å². The van der Waals surface area contributed by atoms with Gasteiger partial charge in [-0.2, -0.15) is 4.98 Å². The SMILES string of the molecule is CC1CN(c2nc3c(N)cccc3o2)CC(CO)O1. The molecule has 2 aromatic rings. The molecule has 0 spiro atoms. The maximum Gasteiger partial charge on any atom is 0.298 e. The van der Waals surface area contributed by atoms with Crippen molar-refractivity contribution in [1.29, 1.82) is 0 Å². The molecule has 1 aliphatic heterocycles. The summed E-state index contributed by atoms with van der Waals surface area (Å²) in [6, 6.07) is 6.01. The average Bonchev–Trinajstić information content (AvgIpc) is 2.83. The van der Waals surface area contributed by atoms with Crippen LogP contribution in [0.1, 0.15) is 6.92 Å². The lowest BCUT2D eigenvalue weighted by Gasteiger charge is -2.34. The Morgan fingerprint density at radius 1 is 1.47 bits per heavy atom. The number of ether oxygens (including phenoxy) is 1. The summed E-state index contributed by atoms with van der Waals surface area (Å²) >= 11 is 0. The second-order valence-electron chi connectivity index (χ2n) is 4.85. The molecule has 0 radical (unpaired) electrons. The number of nitrogens with zero attached hydrogens (tertiary/aromatic N) is 2. The number of aliphatic hydroxyl groups excluding tert-OH is 1. The second-order valence-corrected chi connectivity index (χ2v) is 4.85. The van der Waals surface area contributed by atoms with Crippen molar-refractivity contribution in [3.63, 3.8) is 0 Å². The van der Waals surface area contributed by atoms with E-state index in [9.17, 15) is 5.11 Å². The van der Waals surface area contributed by atoms with Crippen molar-refractivity contribution in [2.45, 2.75) is 19.1 Å². The number of hydrogen-bond donors (Lipinski definition) is 2. The molecule has 102 valence electrons. The minimum Gasteiger partial charge on any atom is -0.423 e. The number of para-hydroxylation sites is 1. The Morgan fingerprint density at radius 2 is 2.32 bits per heavy atom. The van der Waals surface area contributed by atoms with Gasteiger partial charge >= 0.3 is 0 Å². The zero-order valence-electron chi connectivity index (χ0n) is 10.7. The van der Waals surface area contributed by atoms with E-state index in [1.54, 1.807) is 6.07 Å². The molecular weight excluding hydrogens is 246 g/mol. The predicted molar refractivity (Wildman–Crippen MR) is 72.1 cm³/mol. The number of morpholine rings is 1. The molecule has 1 aromatic carbocycles. The Balaban J connectivity index is 1.93. The quantitative estimate of drug-likeness (QED) is 0.786. The van der Waals surface area contributed by atoms with Crippen molar-refractivity contribution in [2.75, 3.05) is 30.3 Å². The number of fused-ring (bicyclic) bond motifs is 1. The van der Waals surface area contributed by atoms with Crippen LogP contribution in [0.4, 0.5) is 11.7 Å². The summed E-state index contributed by atoms with van der Waals surface area (Å²) in [4.78, 5) is 6.42. The van der Waals surface area contributed by atoms with Crippen molar-refractivity contribution in [1.82, 2.24) is 4.98 Å². The lowest BCUT2D eigenvalue weighted by Crippen LogP contribution is -2.48. The number of aromatic nitrogens is 1. The summed E-state index contributed by atoms with van der Waals surface area (Å²) in [7, 11) is 0. The lowest BCUT2D eigenvalue weighted by atomic mass is 10.2. The third-order valence-electron chi connectivity index (χ3n) is 3.24. The summed E-state index contributed by atoms with van der Waals surface area (Å²) in [5.41, 5.74) is 7.83. The molecule has 6 nitrogen and oxygen atoms in total. The zero-order chi connectivity index (χ0) is 13.4. The molecule has 2 unspecified atom stereocenters. The van der Waals surface area contributed by atoms with Crippen LogP contribution in [0.3, 0.4) is 0 Å². The van der Waals surface area contributed by atoms with E-state index >= 15 is 0 Å². The van der Waals surface area contributed by atoms with Crippen molar-refractivity contribution < 1.29 is 14.3 Å². The second kappa shape index (κ2) is 4.71. The molecule has 0 amide bonds. The topological polar surface area (TPSA) is 84.8 Å². The molecule has 1 aliphatic rings. The highest BCUT2D eigenvalue weighted by Gasteiger charge is 2.27. The van der Waals surface area contributed by atoms with E-state index in [-0.39, 0.29) is 18.8 Å². The summed E-state index contributed by atoms with van der Waals surface area (Å²) in [5, 5.41) is 9.23. The summed E-state index contributed by atoms with van der Waals surface area (Å²) < 4.78 is 11.3. The van der Waals surface area contributed by atoms with Crippen LogP contribution in [-0.4, -0.2) is 42.0 Å². The van der Waals surface area contributed by atoms with Gasteiger partial charge in [0, 0.05) is 6.54 Å². The fourth-order valence-electron chi connectivity index (χ4n) is 2.40. The molecule has 1 fully saturated rings. The van der Waals surface area contributed by atoms with E-state index in [4.69, 9.17) is 14.9 Å². The highest BCUT2D eigenvalue weighted by Crippen LogP contribution is 2.27. The third-order valence-corrected chi connectivity index (χ3v) is 3.24. The Bertz CT molecular complexity index is 584. The fraction of sp³-hybridized carbons (Fsp3) is 0.462. The Kier molecular flexibility index (Phi) is 3.04. The van der Waals surface area contributed by atoms with E-state index in [0.29, 0.717) is 35.9 Å². The number of anilines is 2. The summed E-state index contributed by atoms with van der Waals surface area (Å²) in [6.45, 7) is 3.20. The lowest BCUT2D eigenvalue weighted by molar-refractivity contribution is -0.0432. The monoisotopic (exact) mass is 263 g/mol. The van der Waals surface area contributed by atoms with Gasteiger partial charge in [0.15, 0.2) is 5.58 Å². The van der Waals surface area contributed by atoms with Crippen LogP contribution in [0.2, 0.25) is 0 Å². The maximum atomic E-state index is 9.23. The molecule has 0 saturated carbocycles. The Hall–Kier alpha value is -1.79. The molecule has 3 rings (SSSR count). The van der Waals surface area contributed by atoms with Crippen molar-refractivity contribution in [2.24, 2.45) is 0 Å². The molecule has 2 heterocycles. The Morgan fingerprint density at radius 3 is 3.05 bits per heavy atom. The fourth-order valence-corrected chi connectivity index (χ4v) is 2.40. The van der Waals surface area contributed by atoms with Crippen molar-refractivity contribution in [3.8, 4) is 0 Å². The van der Waals surface area contributed by atoms with Gasteiger partial charge in [0.1, 0.15) is 5.52 Å². The van der Waals surface area contributed by atoms with Crippen LogP contribution in [0.5, 0.6) is 0 Å². The highest BCUT2D eigenvalue weighted by molar-refractivity contribution is 5.86. The van der Waals surface area contributed by atoms with Crippen molar-refractivity contribution >= 4 is 22.8 Å². The van der Waals surface area contributed by atoms with E-state index in [1.165, 1.54) is 0 Å². The zero-order valence-corrected chi connectivity index (χ0v) is 10.7. The first-order valence-corrected chi connectivity index (χ1v) is 6.33. The molecule has 3 N–H and O–H groups in total. The van der Waals surface area contributed by atoms with E-state index in [0.717, 1.165) is 0 Å². The summed E-state index contributed by atoms with van der Waals surface area (Å²) in [6.07, 6.45) is -0.186. The number of oxazole rings is 1. The molecule has 6 heteroatoms. The van der Waals surface area contributed by atoms with Crippen LogP contribution in [0.15, 0.2) is 22.6 Å². The van der Waals surface area contributed by atoms with Gasteiger partial charge < -0.3 is 24.9 Å². The van der Waals surface area contributed by atoms with Crippen LogP contribution in [-0.2, 0) is 4.74 Å². The van der Waals surface area contributed by atoms with E-state index < -0.39 is 0 Å². The number of aliphatic hydroxyl groups is 1. The Labute approximate surface area is 110 Å². The molecule has 2 atom stereocenters. The molecular formula is C13H17N3O3. The van der Waals surface area contributed by atoms with Gasteiger partial charge in [-0.05, 0) is 19.1 Å². The number of nitrogens with two attached hydrogens (primary N) is 1. The smallest absolute Gasteiger partial charge is 0.298 e. The number of nitrogen functional groups attached to an aromatic ring is 1. The van der Waals surface area contributed by atoms with Crippen LogP contribution in [0.25, 0.3) is 11.1 Å². The van der Waals surface area contributed by atoms with E-state index in [2.05, 4.69) is 4.98 Å². The van der Waals surface area contributed by atoms with Crippen molar-refractivity contribution in [3.05, 3.63) is 18.2 Å². The van der Waals surface area contributed by atoms with E-state index in [1.807, 2.05) is 24.0 Å². The van der Waals surface area contributed by atoms with Gasteiger partial charge in [-0.1, -0.05) is 6.07 Å². The minimum absolute atomic E-state index is 0.0107.